The molecule has 1 aromatic heterocycles. The van der Waals surface area contributed by atoms with Crippen molar-refractivity contribution >= 4 is 0 Å². The third-order valence-corrected chi connectivity index (χ3v) is 4.67. The van der Waals surface area contributed by atoms with Crippen molar-refractivity contribution in [1.29, 1.82) is 0 Å². The first-order chi connectivity index (χ1) is 11.4. The number of nitrogens with zero attached hydrogens (tertiary/aromatic N) is 6. The number of hydrogen-bond donors (Lipinski definition) is 0. The lowest BCUT2D eigenvalue weighted by Gasteiger charge is -2.38. The van der Waals surface area contributed by atoms with Crippen LogP contribution >= 0.6 is 0 Å². The van der Waals surface area contributed by atoms with Gasteiger partial charge in [0, 0.05) is 26.2 Å². The molecule has 0 amide bonds. The molecule has 6 heteroatoms. The van der Waals surface area contributed by atoms with Gasteiger partial charge in [-0.3, -0.25) is 4.90 Å². The predicted octanol–water partition coefficient (Wildman–Crippen LogP) is 2.07. The van der Waals surface area contributed by atoms with Crippen molar-refractivity contribution < 1.29 is 0 Å². The van der Waals surface area contributed by atoms with Gasteiger partial charge in [-0.05, 0) is 50.7 Å². The first kappa shape index (κ1) is 17.0. The van der Waals surface area contributed by atoms with Crippen molar-refractivity contribution in [3.05, 3.63) is 41.2 Å². The maximum atomic E-state index is 4.42. The summed E-state index contributed by atoms with van der Waals surface area (Å²) in [5.74, 6) is 0.927. The van der Waals surface area contributed by atoms with E-state index in [1.165, 1.54) is 11.1 Å². The van der Waals surface area contributed by atoms with Crippen LogP contribution in [-0.4, -0.2) is 63.2 Å². The van der Waals surface area contributed by atoms with E-state index in [2.05, 4.69) is 84.3 Å². The molecule has 1 aliphatic heterocycles. The van der Waals surface area contributed by atoms with Crippen LogP contribution in [0.1, 0.15) is 43.8 Å². The highest BCUT2D eigenvalue weighted by Crippen LogP contribution is 2.30. The van der Waals surface area contributed by atoms with Crippen LogP contribution in [0.3, 0.4) is 0 Å². The summed E-state index contributed by atoms with van der Waals surface area (Å²) in [6.07, 6.45) is 0. The average Bonchev–Trinajstić information content (AvgIpc) is 3.01. The van der Waals surface area contributed by atoms with Crippen molar-refractivity contribution in [3.63, 3.8) is 0 Å². The molecule has 3 rings (SSSR count). The van der Waals surface area contributed by atoms with Gasteiger partial charge in [-0.25, -0.2) is 4.68 Å². The van der Waals surface area contributed by atoms with Gasteiger partial charge < -0.3 is 4.90 Å². The van der Waals surface area contributed by atoms with Gasteiger partial charge in [0.2, 0.25) is 0 Å². The second-order valence-corrected chi connectivity index (χ2v) is 7.77. The number of hydrogen-bond acceptors (Lipinski definition) is 5. The minimum Gasteiger partial charge on any atom is -0.304 e. The molecule has 130 valence electrons. The van der Waals surface area contributed by atoms with Gasteiger partial charge in [-0.1, -0.05) is 29.8 Å². The summed E-state index contributed by atoms with van der Waals surface area (Å²) in [7, 11) is 2.18. The summed E-state index contributed by atoms with van der Waals surface area (Å²) in [5.41, 5.74) is 2.38. The second-order valence-electron chi connectivity index (χ2n) is 7.77. The Labute approximate surface area is 144 Å². The third kappa shape index (κ3) is 3.49. The van der Waals surface area contributed by atoms with Gasteiger partial charge in [0.15, 0.2) is 5.82 Å². The second kappa shape index (κ2) is 6.61. The van der Waals surface area contributed by atoms with Gasteiger partial charge in [0.25, 0.3) is 0 Å². The number of aromatic nitrogens is 4. The van der Waals surface area contributed by atoms with Crippen molar-refractivity contribution in [2.75, 3.05) is 33.2 Å². The fourth-order valence-corrected chi connectivity index (χ4v) is 3.19. The smallest absolute Gasteiger partial charge is 0.173 e. The van der Waals surface area contributed by atoms with Crippen LogP contribution in [0.4, 0.5) is 0 Å². The highest BCUT2D eigenvalue weighted by atomic mass is 15.6. The Balaban J connectivity index is 2.02. The van der Waals surface area contributed by atoms with Crippen molar-refractivity contribution in [2.24, 2.45) is 0 Å². The minimum absolute atomic E-state index is 0.0912. The molecule has 2 heterocycles. The lowest BCUT2D eigenvalue weighted by Crippen LogP contribution is -2.47. The summed E-state index contributed by atoms with van der Waals surface area (Å²) >= 11 is 0. The number of benzene rings is 1. The topological polar surface area (TPSA) is 50.1 Å². The number of aryl methyl sites for hydroxylation is 1. The van der Waals surface area contributed by atoms with Crippen LogP contribution in [0.15, 0.2) is 24.3 Å². The van der Waals surface area contributed by atoms with Crippen molar-refractivity contribution in [1.82, 2.24) is 30.0 Å². The SMILES string of the molecule is Cc1ccc(C(c2nnnn2C(C)(C)C)N2CCN(C)CC2)cc1. The largest absolute Gasteiger partial charge is 0.304 e. The molecule has 24 heavy (non-hydrogen) atoms. The molecular weight excluding hydrogens is 300 g/mol. The van der Waals surface area contributed by atoms with Crippen molar-refractivity contribution in [2.45, 2.75) is 39.3 Å². The van der Waals surface area contributed by atoms with Crippen LogP contribution in [0.2, 0.25) is 0 Å². The van der Waals surface area contributed by atoms with E-state index >= 15 is 0 Å². The fraction of sp³-hybridized carbons (Fsp3) is 0.611. The number of tetrazole rings is 1. The molecule has 2 aromatic rings. The van der Waals surface area contributed by atoms with Gasteiger partial charge in [-0.2, -0.15) is 0 Å². The van der Waals surface area contributed by atoms with Gasteiger partial charge in [0.05, 0.1) is 11.6 Å². The molecule has 1 unspecified atom stereocenters. The van der Waals surface area contributed by atoms with Crippen LogP contribution in [0, 0.1) is 6.92 Å². The summed E-state index contributed by atoms with van der Waals surface area (Å²) in [6, 6.07) is 8.85. The third-order valence-electron chi connectivity index (χ3n) is 4.67. The van der Waals surface area contributed by atoms with Crippen LogP contribution in [0.5, 0.6) is 0 Å². The summed E-state index contributed by atoms with van der Waals surface area (Å²) in [5, 5.41) is 12.7. The summed E-state index contributed by atoms with van der Waals surface area (Å²) in [4.78, 5) is 4.87. The molecule has 1 aliphatic rings. The van der Waals surface area contributed by atoms with E-state index in [9.17, 15) is 0 Å². The monoisotopic (exact) mass is 328 g/mol. The summed E-state index contributed by atoms with van der Waals surface area (Å²) < 4.78 is 1.97. The van der Waals surface area contributed by atoms with E-state index in [1.807, 2.05) is 4.68 Å². The molecule has 0 bridgehead atoms. The Bertz CT molecular complexity index is 662. The van der Waals surface area contributed by atoms with Gasteiger partial charge >= 0.3 is 0 Å². The van der Waals surface area contributed by atoms with E-state index in [4.69, 9.17) is 0 Å². The first-order valence-electron chi connectivity index (χ1n) is 8.64. The molecule has 1 fully saturated rings. The highest BCUT2D eigenvalue weighted by Gasteiger charge is 2.32. The lowest BCUT2D eigenvalue weighted by molar-refractivity contribution is 0.118. The van der Waals surface area contributed by atoms with Crippen LogP contribution < -0.4 is 0 Å². The Morgan fingerprint density at radius 1 is 1.00 bits per heavy atom. The Morgan fingerprint density at radius 3 is 2.21 bits per heavy atom. The quantitative estimate of drug-likeness (QED) is 0.863. The number of likely N-dealkylation sites (N-methyl/N-ethyl adjacent to an activating group) is 1. The predicted molar refractivity (Wildman–Crippen MR) is 94.9 cm³/mol. The maximum absolute atomic E-state index is 4.42. The van der Waals surface area contributed by atoms with E-state index in [0.29, 0.717) is 0 Å². The van der Waals surface area contributed by atoms with Gasteiger partial charge in [0.1, 0.15) is 0 Å². The fourth-order valence-electron chi connectivity index (χ4n) is 3.19. The molecule has 0 radical (unpaired) electrons. The normalized spacial score (nSPS) is 18.7. The molecule has 0 saturated carbocycles. The minimum atomic E-state index is -0.144. The van der Waals surface area contributed by atoms with Gasteiger partial charge in [-0.15, -0.1) is 5.10 Å². The number of piperazine rings is 1. The summed E-state index contributed by atoms with van der Waals surface area (Å²) in [6.45, 7) is 12.7. The molecular formula is C18H28N6. The standard InChI is InChI=1S/C18H28N6/c1-14-6-8-15(9-7-14)16(23-12-10-22(5)11-13-23)17-19-20-21-24(17)18(2,3)4/h6-9,16H,10-13H2,1-5H3. The van der Waals surface area contributed by atoms with E-state index in [0.717, 1.165) is 32.0 Å². The molecule has 1 saturated heterocycles. The highest BCUT2D eigenvalue weighted by molar-refractivity contribution is 5.28. The molecule has 1 aromatic carbocycles. The Morgan fingerprint density at radius 2 is 1.62 bits per heavy atom. The van der Waals surface area contributed by atoms with Crippen LogP contribution in [-0.2, 0) is 5.54 Å². The molecule has 1 atom stereocenters. The zero-order valence-corrected chi connectivity index (χ0v) is 15.4. The average molecular weight is 328 g/mol. The van der Waals surface area contributed by atoms with Crippen LogP contribution in [0.25, 0.3) is 0 Å². The molecule has 0 N–H and O–H groups in total. The molecule has 0 spiro atoms. The number of rotatable bonds is 3. The molecule has 0 aliphatic carbocycles. The van der Waals surface area contributed by atoms with Crippen molar-refractivity contribution in [3.8, 4) is 0 Å². The zero-order chi connectivity index (χ0) is 17.3. The Kier molecular flexibility index (Phi) is 4.69. The molecule has 6 nitrogen and oxygen atoms in total. The van der Waals surface area contributed by atoms with E-state index < -0.39 is 0 Å². The Hall–Kier alpha value is -1.79. The first-order valence-corrected chi connectivity index (χ1v) is 8.64. The maximum Gasteiger partial charge on any atom is 0.173 e. The van der Waals surface area contributed by atoms with E-state index in [-0.39, 0.29) is 11.6 Å². The van der Waals surface area contributed by atoms with E-state index in [1.54, 1.807) is 0 Å². The zero-order valence-electron chi connectivity index (χ0n) is 15.4. The lowest BCUT2D eigenvalue weighted by atomic mass is 10.0.